The van der Waals surface area contributed by atoms with Gasteiger partial charge in [0.1, 0.15) is 5.82 Å². The van der Waals surface area contributed by atoms with Crippen LogP contribution in [0.4, 0.5) is 14.5 Å². The molecule has 2 N–H and O–H groups in total. The molecule has 0 spiro atoms. The van der Waals surface area contributed by atoms with E-state index in [0.29, 0.717) is 11.5 Å². The Morgan fingerprint density at radius 1 is 0.923 bits per heavy atom. The standard InChI is InChI=1S/C20H13F2N3O/c21-15-9-8-13(11-16(15)22)20(26)23-14-5-3-4-12(10-14)19-24-17-6-1-2-7-18(17)25-19/h1-11H,(H,23,26)(H,24,25). The topological polar surface area (TPSA) is 57.8 Å². The number of aromatic amines is 1. The molecular formula is C20H13F2N3O. The highest BCUT2D eigenvalue weighted by Gasteiger charge is 2.11. The Labute approximate surface area is 147 Å². The molecule has 0 aliphatic carbocycles. The monoisotopic (exact) mass is 349 g/mol. The number of H-pyrrole nitrogens is 1. The van der Waals surface area contributed by atoms with Crippen LogP contribution in [0.3, 0.4) is 0 Å². The zero-order chi connectivity index (χ0) is 18.1. The molecule has 0 aliphatic rings. The quantitative estimate of drug-likeness (QED) is 0.560. The van der Waals surface area contributed by atoms with E-state index in [1.165, 1.54) is 6.07 Å². The number of anilines is 1. The molecule has 0 radical (unpaired) electrons. The molecule has 4 rings (SSSR count). The van der Waals surface area contributed by atoms with E-state index >= 15 is 0 Å². The van der Waals surface area contributed by atoms with Crippen molar-refractivity contribution in [1.29, 1.82) is 0 Å². The Morgan fingerprint density at radius 2 is 1.77 bits per heavy atom. The second-order valence-electron chi connectivity index (χ2n) is 5.77. The summed E-state index contributed by atoms with van der Waals surface area (Å²) in [5, 5.41) is 2.68. The Morgan fingerprint density at radius 3 is 2.58 bits per heavy atom. The van der Waals surface area contributed by atoms with Gasteiger partial charge in [-0.25, -0.2) is 13.8 Å². The van der Waals surface area contributed by atoms with Crippen molar-refractivity contribution in [2.75, 3.05) is 5.32 Å². The fraction of sp³-hybridized carbons (Fsp3) is 0. The zero-order valence-corrected chi connectivity index (χ0v) is 13.5. The number of carbonyl (C=O) groups is 1. The van der Waals surface area contributed by atoms with E-state index in [2.05, 4.69) is 15.3 Å². The van der Waals surface area contributed by atoms with Crippen molar-refractivity contribution in [1.82, 2.24) is 9.97 Å². The highest BCUT2D eigenvalue weighted by atomic mass is 19.2. The third kappa shape index (κ3) is 3.04. The average molecular weight is 349 g/mol. The van der Waals surface area contributed by atoms with E-state index < -0.39 is 17.5 Å². The first kappa shape index (κ1) is 16.0. The van der Waals surface area contributed by atoms with Crippen molar-refractivity contribution >= 4 is 22.6 Å². The predicted molar refractivity (Wildman–Crippen MR) is 95.8 cm³/mol. The number of hydrogen-bond donors (Lipinski definition) is 2. The van der Waals surface area contributed by atoms with Crippen molar-refractivity contribution in [2.45, 2.75) is 0 Å². The van der Waals surface area contributed by atoms with Crippen LogP contribution in [0, 0.1) is 11.6 Å². The summed E-state index contributed by atoms with van der Waals surface area (Å²) < 4.78 is 26.3. The summed E-state index contributed by atoms with van der Waals surface area (Å²) in [5.41, 5.74) is 3.12. The number of para-hydroxylation sites is 2. The summed E-state index contributed by atoms with van der Waals surface area (Å²) >= 11 is 0. The Balaban J connectivity index is 1.61. The lowest BCUT2D eigenvalue weighted by atomic mass is 10.1. The molecular weight excluding hydrogens is 336 g/mol. The molecule has 0 saturated carbocycles. The zero-order valence-electron chi connectivity index (χ0n) is 13.5. The minimum absolute atomic E-state index is 0.0399. The third-order valence-corrected chi connectivity index (χ3v) is 3.97. The minimum atomic E-state index is -1.06. The molecule has 0 fully saturated rings. The molecule has 3 aromatic carbocycles. The number of carbonyl (C=O) groups excluding carboxylic acids is 1. The van der Waals surface area contributed by atoms with Gasteiger partial charge in [0.2, 0.25) is 0 Å². The van der Waals surface area contributed by atoms with Crippen molar-refractivity contribution in [3.63, 3.8) is 0 Å². The SMILES string of the molecule is O=C(Nc1cccc(-c2nc3ccccc3[nH]2)c1)c1ccc(F)c(F)c1. The van der Waals surface area contributed by atoms with Crippen molar-refractivity contribution < 1.29 is 13.6 Å². The molecule has 128 valence electrons. The van der Waals surface area contributed by atoms with Crippen LogP contribution >= 0.6 is 0 Å². The first-order valence-corrected chi connectivity index (χ1v) is 7.92. The molecule has 0 saturated heterocycles. The van der Waals surface area contributed by atoms with Crippen LogP contribution in [0.1, 0.15) is 10.4 Å². The number of imidazole rings is 1. The molecule has 0 unspecified atom stereocenters. The fourth-order valence-electron chi connectivity index (χ4n) is 2.67. The third-order valence-electron chi connectivity index (χ3n) is 3.97. The molecule has 1 amide bonds. The number of nitrogens with one attached hydrogen (secondary N) is 2. The maximum absolute atomic E-state index is 13.3. The molecule has 0 aliphatic heterocycles. The van der Waals surface area contributed by atoms with Crippen LogP contribution in [-0.4, -0.2) is 15.9 Å². The van der Waals surface area contributed by atoms with Gasteiger partial charge in [0.25, 0.3) is 5.91 Å². The van der Waals surface area contributed by atoms with Gasteiger partial charge in [-0.3, -0.25) is 4.79 Å². The Bertz CT molecular complexity index is 1090. The Hall–Kier alpha value is -3.54. The number of fused-ring (bicyclic) bond motifs is 1. The van der Waals surface area contributed by atoms with Gasteiger partial charge in [-0.15, -0.1) is 0 Å². The Kier molecular flexibility index (Phi) is 3.93. The molecule has 4 nitrogen and oxygen atoms in total. The van der Waals surface area contributed by atoms with Gasteiger partial charge < -0.3 is 10.3 Å². The number of hydrogen-bond acceptors (Lipinski definition) is 2. The van der Waals surface area contributed by atoms with E-state index in [9.17, 15) is 13.6 Å². The molecule has 6 heteroatoms. The summed E-state index contributed by atoms with van der Waals surface area (Å²) in [7, 11) is 0. The normalized spacial score (nSPS) is 10.8. The highest BCUT2D eigenvalue weighted by Crippen LogP contribution is 2.23. The van der Waals surface area contributed by atoms with Crippen LogP contribution in [0.2, 0.25) is 0 Å². The first-order chi connectivity index (χ1) is 12.6. The van der Waals surface area contributed by atoms with Gasteiger partial charge in [-0.05, 0) is 42.5 Å². The van der Waals surface area contributed by atoms with E-state index in [0.717, 1.165) is 28.7 Å². The van der Waals surface area contributed by atoms with Gasteiger partial charge in [0.05, 0.1) is 11.0 Å². The van der Waals surface area contributed by atoms with Crippen LogP contribution < -0.4 is 5.32 Å². The van der Waals surface area contributed by atoms with Gasteiger partial charge in [-0.2, -0.15) is 0 Å². The second-order valence-corrected chi connectivity index (χ2v) is 5.77. The minimum Gasteiger partial charge on any atom is -0.338 e. The largest absolute Gasteiger partial charge is 0.338 e. The highest BCUT2D eigenvalue weighted by molar-refractivity contribution is 6.04. The summed E-state index contributed by atoms with van der Waals surface area (Å²) in [6.07, 6.45) is 0. The van der Waals surface area contributed by atoms with E-state index in [1.807, 2.05) is 30.3 Å². The summed E-state index contributed by atoms with van der Waals surface area (Å²) in [4.78, 5) is 20.0. The molecule has 26 heavy (non-hydrogen) atoms. The van der Waals surface area contributed by atoms with Gasteiger partial charge in [0, 0.05) is 16.8 Å². The number of rotatable bonds is 3. The number of amides is 1. The van der Waals surface area contributed by atoms with Crippen LogP contribution in [0.15, 0.2) is 66.7 Å². The number of nitrogens with zero attached hydrogens (tertiary/aromatic N) is 1. The van der Waals surface area contributed by atoms with Crippen molar-refractivity contribution in [3.8, 4) is 11.4 Å². The first-order valence-electron chi connectivity index (χ1n) is 7.92. The molecule has 1 heterocycles. The van der Waals surface area contributed by atoms with Crippen molar-refractivity contribution in [3.05, 3.63) is 83.9 Å². The fourth-order valence-corrected chi connectivity index (χ4v) is 2.67. The smallest absolute Gasteiger partial charge is 0.255 e. The lowest BCUT2D eigenvalue weighted by molar-refractivity contribution is 0.102. The van der Waals surface area contributed by atoms with Crippen molar-refractivity contribution in [2.24, 2.45) is 0 Å². The predicted octanol–water partition coefficient (Wildman–Crippen LogP) is 4.76. The van der Waals surface area contributed by atoms with Crippen LogP contribution in [0.25, 0.3) is 22.4 Å². The summed E-state index contributed by atoms with van der Waals surface area (Å²) in [6.45, 7) is 0. The van der Waals surface area contributed by atoms with Crippen LogP contribution in [0.5, 0.6) is 0 Å². The van der Waals surface area contributed by atoms with Gasteiger partial charge in [-0.1, -0.05) is 24.3 Å². The maximum Gasteiger partial charge on any atom is 0.255 e. The summed E-state index contributed by atoms with van der Waals surface area (Å²) in [5.74, 6) is -1.90. The van der Waals surface area contributed by atoms with Gasteiger partial charge in [0.15, 0.2) is 11.6 Å². The summed E-state index contributed by atoms with van der Waals surface area (Å²) in [6, 6.07) is 17.8. The van der Waals surface area contributed by atoms with E-state index in [-0.39, 0.29) is 5.56 Å². The average Bonchev–Trinajstić information content (AvgIpc) is 3.08. The lowest BCUT2D eigenvalue weighted by Gasteiger charge is -2.07. The number of aromatic nitrogens is 2. The van der Waals surface area contributed by atoms with E-state index in [4.69, 9.17) is 0 Å². The lowest BCUT2D eigenvalue weighted by Crippen LogP contribution is -2.12. The molecule has 1 aromatic heterocycles. The molecule has 4 aromatic rings. The van der Waals surface area contributed by atoms with Gasteiger partial charge >= 0.3 is 0 Å². The molecule has 0 atom stereocenters. The molecule has 0 bridgehead atoms. The number of halogens is 2. The number of benzene rings is 3. The van der Waals surface area contributed by atoms with E-state index in [1.54, 1.807) is 18.2 Å². The second kappa shape index (κ2) is 6.40. The maximum atomic E-state index is 13.3. The van der Waals surface area contributed by atoms with Crippen LogP contribution in [-0.2, 0) is 0 Å².